The first kappa shape index (κ1) is 18.5. The summed E-state index contributed by atoms with van der Waals surface area (Å²) in [6, 6.07) is 5.37. The van der Waals surface area contributed by atoms with Crippen LogP contribution in [0.25, 0.3) is 0 Å². The summed E-state index contributed by atoms with van der Waals surface area (Å²) in [5.74, 6) is -0.855. The van der Waals surface area contributed by atoms with Gasteiger partial charge in [0.1, 0.15) is 5.69 Å². The molecule has 2 rings (SSSR count). The average Bonchev–Trinajstić information content (AvgIpc) is 3.03. The van der Waals surface area contributed by atoms with Crippen LogP contribution in [0.1, 0.15) is 20.8 Å². The second kappa shape index (κ2) is 8.31. The molecule has 1 heterocycles. The van der Waals surface area contributed by atoms with Crippen molar-refractivity contribution in [3.05, 3.63) is 51.0 Å². The van der Waals surface area contributed by atoms with Gasteiger partial charge in [-0.25, -0.2) is 4.98 Å². The predicted molar refractivity (Wildman–Crippen MR) is 94.1 cm³/mol. The van der Waals surface area contributed by atoms with Gasteiger partial charge >= 0.3 is 0 Å². The molecule has 10 heteroatoms. The van der Waals surface area contributed by atoms with Gasteiger partial charge in [-0.2, -0.15) is 0 Å². The highest BCUT2D eigenvalue weighted by atomic mass is 32.1. The van der Waals surface area contributed by atoms with E-state index >= 15 is 0 Å². The molecule has 0 saturated heterocycles. The van der Waals surface area contributed by atoms with E-state index in [2.05, 4.69) is 15.6 Å². The van der Waals surface area contributed by atoms with Gasteiger partial charge < -0.3 is 10.2 Å². The Morgan fingerprint density at radius 3 is 2.76 bits per heavy atom. The molecule has 132 valence electrons. The molecule has 0 aliphatic heterocycles. The zero-order chi connectivity index (χ0) is 18.4. The van der Waals surface area contributed by atoms with Gasteiger partial charge in [0, 0.05) is 36.2 Å². The Balaban J connectivity index is 1.98. The monoisotopic (exact) mass is 363 g/mol. The molecule has 0 aliphatic rings. The first-order chi connectivity index (χ1) is 11.9. The maximum Gasteiger partial charge on any atom is 0.270 e. The molecule has 2 N–H and O–H groups in total. The molecule has 0 fully saturated rings. The summed E-state index contributed by atoms with van der Waals surface area (Å²) in [6.45, 7) is 1.19. The summed E-state index contributed by atoms with van der Waals surface area (Å²) in [6.07, 6.45) is 0. The van der Waals surface area contributed by atoms with Crippen molar-refractivity contribution in [1.82, 2.24) is 15.2 Å². The lowest BCUT2D eigenvalue weighted by Crippen LogP contribution is -2.31. The lowest BCUT2D eigenvalue weighted by atomic mass is 10.2. The van der Waals surface area contributed by atoms with Crippen LogP contribution in [0.2, 0.25) is 0 Å². The van der Waals surface area contributed by atoms with Crippen molar-refractivity contribution >= 4 is 34.0 Å². The molecular weight excluding hydrogens is 346 g/mol. The summed E-state index contributed by atoms with van der Waals surface area (Å²) >= 11 is 1.10. The SMILES string of the molecule is CN(C)CCNC(=O)c1csc(NC(=O)c2cccc([N+](=O)[O-])c2)n1. The van der Waals surface area contributed by atoms with E-state index < -0.39 is 10.8 Å². The maximum atomic E-state index is 12.1. The van der Waals surface area contributed by atoms with Crippen LogP contribution in [-0.2, 0) is 0 Å². The van der Waals surface area contributed by atoms with Crippen molar-refractivity contribution in [1.29, 1.82) is 0 Å². The summed E-state index contributed by atoms with van der Waals surface area (Å²) in [5.41, 5.74) is 0.173. The third-order valence-electron chi connectivity index (χ3n) is 3.12. The molecule has 0 aliphatic carbocycles. The number of amides is 2. The molecule has 0 saturated carbocycles. The number of hydrogen-bond donors (Lipinski definition) is 2. The summed E-state index contributed by atoms with van der Waals surface area (Å²) < 4.78 is 0. The Morgan fingerprint density at radius 1 is 1.32 bits per heavy atom. The molecule has 0 unspecified atom stereocenters. The van der Waals surface area contributed by atoms with Crippen LogP contribution in [0.4, 0.5) is 10.8 Å². The van der Waals surface area contributed by atoms with Gasteiger partial charge in [0.2, 0.25) is 0 Å². The lowest BCUT2D eigenvalue weighted by Gasteiger charge is -2.09. The zero-order valence-electron chi connectivity index (χ0n) is 13.7. The first-order valence-electron chi connectivity index (χ1n) is 7.31. The number of nitro benzene ring substituents is 1. The van der Waals surface area contributed by atoms with Crippen molar-refractivity contribution in [2.24, 2.45) is 0 Å². The van der Waals surface area contributed by atoms with Gasteiger partial charge in [0.05, 0.1) is 4.92 Å². The highest BCUT2D eigenvalue weighted by molar-refractivity contribution is 7.14. The molecule has 0 bridgehead atoms. The number of hydrogen-bond acceptors (Lipinski definition) is 7. The number of carbonyl (C=O) groups excluding carboxylic acids is 2. The van der Waals surface area contributed by atoms with Gasteiger partial charge in [0.25, 0.3) is 17.5 Å². The van der Waals surface area contributed by atoms with Gasteiger partial charge in [-0.05, 0) is 20.2 Å². The number of benzene rings is 1. The van der Waals surface area contributed by atoms with Crippen LogP contribution in [0, 0.1) is 10.1 Å². The molecule has 1 aromatic heterocycles. The van der Waals surface area contributed by atoms with E-state index in [0.29, 0.717) is 13.1 Å². The lowest BCUT2D eigenvalue weighted by molar-refractivity contribution is -0.384. The summed E-state index contributed by atoms with van der Waals surface area (Å²) in [5, 5.41) is 17.8. The molecule has 2 aromatic rings. The number of nitrogens with zero attached hydrogens (tertiary/aromatic N) is 3. The van der Waals surface area contributed by atoms with Gasteiger partial charge in [-0.15, -0.1) is 11.3 Å². The van der Waals surface area contributed by atoms with Crippen molar-refractivity contribution < 1.29 is 14.5 Å². The fraction of sp³-hybridized carbons (Fsp3) is 0.267. The molecule has 0 atom stereocenters. The number of non-ortho nitro benzene ring substituents is 1. The van der Waals surface area contributed by atoms with Gasteiger partial charge in [-0.1, -0.05) is 6.07 Å². The number of aromatic nitrogens is 1. The Labute approximate surface area is 147 Å². The van der Waals surface area contributed by atoms with E-state index in [-0.39, 0.29) is 28.0 Å². The van der Waals surface area contributed by atoms with E-state index in [9.17, 15) is 19.7 Å². The zero-order valence-corrected chi connectivity index (χ0v) is 14.5. The molecule has 1 aromatic carbocycles. The molecule has 9 nitrogen and oxygen atoms in total. The molecular formula is C15H17N5O4S. The fourth-order valence-corrected chi connectivity index (χ4v) is 2.53. The fourth-order valence-electron chi connectivity index (χ4n) is 1.85. The Kier molecular flexibility index (Phi) is 6.14. The van der Waals surface area contributed by atoms with E-state index in [1.807, 2.05) is 19.0 Å². The number of likely N-dealkylation sites (N-methyl/N-ethyl adjacent to an activating group) is 1. The Bertz CT molecular complexity index is 790. The minimum atomic E-state index is -0.573. The highest BCUT2D eigenvalue weighted by Crippen LogP contribution is 2.18. The third-order valence-corrected chi connectivity index (χ3v) is 3.88. The molecule has 2 amide bonds. The number of anilines is 1. The van der Waals surface area contributed by atoms with E-state index in [1.54, 1.807) is 0 Å². The maximum absolute atomic E-state index is 12.1. The van der Waals surface area contributed by atoms with Crippen LogP contribution in [0.3, 0.4) is 0 Å². The second-order valence-corrected chi connectivity index (χ2v) is 6.22. The Morgan fingerprint density at radius 2 is 2.08 bits per heavy atom. The molecule has 25 heavy (non-hydrogen) atoms. The number of rotatable bonds is 7. The second-order valence-electron chi connectivity index (χ2n) is 5.36. The number of nitro groups is 1. The van der Waals surface area contributed by atoms with Gasteiger partial charge in [0.15, 0.2) is 5.13 Å². The summed E-state index contributed by atoms with van der Waals surface area (Å²) in [7, 11) is 3.80. The largest absolute Gasteiger partial charge is 0.349 e. The van der Waals surface area contributed by atoms with Crippen LogP contribution in [-0.4, -0.2) is 53.8 Å². The Hall–Kier alpha value is -2.85. The normalized spacial score (nSPS) is 10.5. The standard InChI is InChI=1S/C15H17N5O4S/c1-19(2)7-6-16-14(22)12-9-25-15(17-12)18-13(21)10-4-3-5-11(8-10)20(23)24/h3-5,8-9H,6-7H2,1-2H3,(H,16,22)(H,17,18,21). The van der Waals surface area contributed by atoms with Crippen molar-refractivity contribution in [3.63, 3.8) is 0 Å². The van der Waals surface area contributed by atoms with E-state index in [1.165, 1.54) is 29.6 Å². The average molecular weight is 363 g/mol. The first-order valence-corrected chi connectivity index (χ1v) is 8.19. The van der Waals surface area contributed by atoms with Crippen molar-refractivity contribution in [2.45, 2.75) is 0 Å². The molecule has 0 radical (unpaired) electrons. The van der Waals surface area contributed by atoms with E-state index in [0.717, 1.165) is 11.3 Å². The minimum Gasteiger partial charge on any atom is -0.349 e. The van der Waals surface area contributed by atoms with Crippen LogP contribution in [0.5, 0.6) is 0 Å². The third kappa shape index (κ3) is 5.33. The van der Waals surface area contributed by atoms with Gasteiger partial charge in [-0.3, -0.25) is 25.0 Å². The smallest absolute Gasteiger partial charge is 0.270 e. The predicted octanol–water partition coefficient (Wildman–Crippen LogP) is 1.59. The quantitative estimate of drug-likeness (QED) is 0.570. The number of nitrogens with one attached hydrogen (secondary N) is 2. The summed E-state index contributed by atoms with van der Waals surface area (Å²) in [4.78, 5) is 40.3. The number of thiazole rings is 1. The molecule has 0 spiro atoms. The topological polar surface area (TPSA) is 117 Å². The van der Waals surface area contributed by atoms with E-state index in [4.69, 9.17) is 0 Å². The van der Waals surface area contributed by atoms with Crippen molar-refractivity contribution in [2.75, 3.05) is 32.5 Å². The number of carbonyl (C=O) groups is 2. The van der Waals surface area contributed by atoms with Crippen LogP contribution >= 0.6 is 11.3 Å². The minimum absolute atomic E-state index is 0.140. The van der Waals surface area contributed by atoms with Crippen molar-refractivity contribution in [3.8, 4) is 0 Å². The van der Waals surface area contributed by atoms with Crippen LogP contribution < -0.4 is 10.6 Å². The highest BCUT2D eigenvalue weighted by Gasteiger charge is 2.15. The van der Waals surface area contributed by atoms with Crippen LogP contribution in [0.15, 0.2) is 29.6 Å².